The largest absolute Gasteiger partial charge is 0.465 e. The molecule has 0 saturated carbocycles. The molecule has 2 heterocycles. The van der Waals surface area contributed by atoms with Gasteiger partial charge in [0.15, 0.2) is 0 Å². The van der Waals surface area contributed by atoms with E-state index < -0.39 is 6.09 Å². The maximum absolute atomic E-state index is 10.4. The molecule has 1 aromatic rings. The van der Waals surface area contributed by atoms with Gasteiger partial charge in [0.05, 0.1) is 0 Å². The van der Waals surface area contributed by atoms with Crippen LogP contribution in [-0.2, 0) is 6.54 Å². The van der Waals surface area contributed by atoms with E-state index in [0.717, 1.165) is 25.2 Å². The number of aromatic nitrogens is 1. The first kappa shape index (κ1) is 13.8. The highest BCUT2D eigenvalue weighted by molar-refractivity contribution is 5.81. The fourth-order valence-corrected chi connectivity index (χ4v) is 2.19. The van der Waals surface area contributed by atoms with Crippen molar-refractivity contribution in [1.82, 2.24) is 15.2 Å². The molecule has 3 N–H and O–H groups in total. The SMILES string of the molecule is O=C(O)Nc1ccc(CNCCN2CCCC2)cn1. The van der Waals surface area contributed by atoms with E-state index >= 15 is 0 Å². The summed E-state index contributed by atoms with van der Waals surface area (Å²) in [6, 6.07) is 3.55. The van der Waals surface area contributed by atoms with Gasteiger partial charge in [0.25, 0.3) is 0 Å². The third-order valence-corrected chi connectivity index (χ3v) is 3.19. The number of hydrogen-bond donors (Lipinski definition) is 3. The van der Waals surface area contributed by atoms with Gasteiger partial charge < -0.3 is 15.3 Å². The molecule has 1 aliphatic rings. The fourth-order valence-electron chi connectivity index (χ4n) is 2.19. The second-order valence-electron chi connectivity index (χ2n) is 4.71. The third kappa shape index (κ3) is 4.84. The van der Waals surface area contributed by atoms with Crippen LogP contribution < -0.4 is 10.6 Å². The van der Waals surface area contributed by atoms with Crippen molar-refractivity contribution in [2.45, 2.75) is 19.4 Å². The van der Waals surface area contributed by atoms with Crippen LogP contribution >= 0.6 is 0 Å². The van der Waals surface area contributed by atoms with Crippen LogP contribution in [0.15, 0.2) is 18.3 Å². The van der Waals surface area contributed by atoms with Crippen molar-refractivity contribution in [2.75, 3.05) is 31.5 Å². The predicted molar refractivity (Wildman–Crippen MR) is 73.3 cm³/mol. The number of rotatable bonds is 6. The summed E-state index contributed by atoms with van der Waals surface area (Å²) in [5, 5.41) is 14.1. The highest BCUT2D eigenvalue weighted by Crippen LogP contribution is 2.06. The molecule has 6 heteroatoms. The predicted octanol–water partition coefficient (Wildman–Crippen LogP) is 1.36. The molecule has 1 aliphatic heterocycles. The molecule has 1 saturated heterocycles. The molecule has 0 unspecified atom stereocenters. The number of likely N-dealkylation sites (tertiary alicyclic amines) is 1. The van der Waals surface area contributed by atoms with Crippen LogP contribution in [0.5, 0.6) is 0 Å². The number of carboxylic acid groups (broad SMARTS) is 1. The molecular formula is C13H20N4O2. The lowest BCUT2D eigenvalue weighted by Crippen LogP contribution is -2.29. The molecule has 0 bridgehead atoms. The molecule has 19 heavy (non-hydrogen) atoms. The minimum atomic E-state index is -1.09. The zero-order valence-electron chi connectivity index (χ0n) is 10.9. The van der Waals surface area contributed by atoms with Crippen LogP contribution in [0.25, 0.3) is 0 Å². The molecule has 2 rings (SSSR count). The summed E-state index contributed by atoms with van der Waals surface area (Å²) in [6.07, 6.45) is 3.24. The zero-order chi connectivity index (χ0) is 13.5. The molecule has 0 spiro atoms. The number of amides is 1. The van der Waals surface area contributed by atoms with Crippen molar-refractivity contribution in [1.29, 1.82) is 0 Å². The van der Waals surface area contributed by atoms with Gasteiger partial charge in [-0.15, -0.1) is 0 Å². The Bertz CT molecular complexity index is 402. The zero-order valence-corrected chi connectivity index (χ0v) is 10.9. The third-order valence-electron chi connectivity index (χ3n) is 3.19. The molecule has 1 amide bonds. The van der Waals surface area contributed by atoms with Crippen molar-refractivity contribution < 1.29 is 9.90 Å². The minimum Gasteiger partial charge on any atom is -0.465 e. The van der Waals surface area contributed by atoms with Crippen LogP contribution in [-0.4, -0.2) is 47.3 Å². The standard InChI is InChI=1S/C13H20N4O2/c18-13(19)16-12-4-3-11(10-15-12)9-14-5-8-17-6-1-2-7-17/h3-4,10,14H,1-2,5-9H2,(H,15,16)(H,18,19). The number of nitrogens with zero attached hydrogens (tertiary/aromatic N) is 2. The number of nitrogens with one attached hydrogen (secondary N) is 2. The summed E-state index contributed by atoms with van der Waals surface area (Å²) in [5.74, 6) is 0.355. The van der Waals surface area contributed by atoms with Gasteiger partial charge in [-0.25, -0.2) is 9.78 Å². The Morgan fingerprint density at radius 2 is 2.16 bits per heavy atom. The Kier molecular flexibility index (Phi) is 5.11. The lowest BCUT2D eigenvalue weighted by atomic mass is 10.3. The summed E-state index contributed by atoms with van der Waals surface area (Å²) in [7, 11) is 0. The molecule has 1 fully saturated rings. The Hall–Kier alpha value is -1.66. The van der Waals surface area contributed by atoms with Crippen molar-refractivity contribution in [2.24, 2.45) is 0 Å². The number of pyridine rings is 1. The second kappa shape index (κ2) is 7.06. The highest BCUT2D eigenvalue weighted by Gasteiger charge is 2.09. The van der Waals surface area contributed by atoms with Crippen LogP contribution in [0, 0.1) is 0 Å². The number of hydrogen-bond acceptors (Lipinski definition) is 4. The van der Waals surface area contributed by atoms with Crippen molar-refractivity contribution >= 4 is 11.9 Å². The molecule has 0 aromatic carbocycles. The topological polar surface area (TPSA) is 77.5 Å². The van der Waals surface area contributed by atoms with Gasteiger partial charge in [0.1, 0.15) is 5.82 Å². The van der Waals surface area contributed by atoms with Gasteiger partial charge in [0.2, 0.25) is 0 Å². The number of carbonyl (C=O) groups is 1. The van der Waals surface area contributed by atoms with Gasteiger partial charge >= 0.3 is 6.09 Å². The smallest absolute Gasteiger partial charge is 0.410 e. The van der Waals surface area contributed by atoms with Crippen LogP contribution in [0.1, 0.15) is 18.4 Å². The summed E-state index contributed by atoms with van der Waals surface area (Å²) >= 11 is 0. The molecule has 1 aromatic heterocycles. The second-order valence-corrected chi connectivity index (χ2v) is 4.71. The van der Waals surface area contributed by atoms with Crippen LogP contribution in [0.2, 0.25) is 0 Å². The van der Waals surface area contributed by atoms with Gasteiger partial charge in [0, 0.05) is 25.8 Å². The monoisotopic (exact) mass is 264 g/mol. The van der Waals surface area contributed by atoms with E-state index in [0.29, 0.717) is 5.82 Å². The van der Waals surface area contributed by atoms with Crippen molar-refractivity contribution in [3.05, 3.63) is 23.9 Å². The normalized spacial score (nSPS) is 15.6. The Morgan fingerprint density at radius 3 is 2.79 bits per heavy atom. The highest BCUT2D eigenvalue weighted by atomic mass is 16.4. The van der Waals surface area contributed by atoms with Gasteiger partial charge in [-0.2, -0.15) is 0 Å². The van der Waals surface area contributed by atoms with Crippen LogP contribution in [0.4, 0.5) is 10.6 Å². The van der Waals surface area contributed by atoms with E-state index in [1.54, 1.807) is 12.3 Å². The summed E-state index contributed by atoms with van der Waals surface area (Å²) < 4.78 is 0. The van der Waals surface area contributed by atoms with Gasteiger partial charge in [-0.05, 0) is 37.6 Å². The van der Waals surface area contributed by atoms with Crippen LogP contribution in [0.3, 0.4) is 0 Å². The molecular weight excluding hydrogens is 244 g/mol. The lowest BCUT2D eigenvalue weighted by molar-refractivity contribution is 0.209. The van der Waals surface area contributed by atoms with Gasteiger partial charge in [-0.1, -0.05) is 6.07 Å². The van der Waals surface area contributed by atoms with E-state index in [1.165, 1.54) is 25.9 Å². The fraction of sp³-hybridized carbons (Fsp3) is 0.538. The van der Waals surface area contributed by atoms with Gasteiger partial charge in [-0.3, -0.25) is 5.32 Å². The quantitative estimate of drug-likeness (QED) is 0.676. The first-order valence-corrected chi connectivity index (χ1v) is 6.62. The summed E-state index contributed by atoms with van der Waals surface area (Å²) in [6.45, 7) is 5.26. The Morgan fingerprint density at radius 1 is 1.37 bits per heavy atom. The molecule has 0 aliphatic carbocycles. The minimum absolute atomic E-state index is 0.355. The van der Waals surface area contributed by atoms with Crippen molar-refractivity contribution in [3.63, 3.8) is 0 Å². The summed E-state index contributed by atoms with van der Waals surface area (Å²) in [5.41, 5.74) is 1.05. The average Bonchev–Trinajstić information content (AvgIpc) is 2.89. The van der Waals surface area contributed by atoms with E-state index in [4.69, 9.17) is 5.11 Å². The first-order valence-electron chi connectivity index (χ1n) is 6.62. The Balaban J connectivity index is 1.66. The van der Waals surface area contributed by atoms with E-state index in [9.17, 15) is 4.79 Å². The number of anilines is 1. The summed E-state index contributed by atoms with van der Waals surface area (Å²) in [4.78, 5) is 16.9. The van der Waals surface area contributed by atoms with E-state index in [-0.39, 0.29) is 0 Å². The molecule has 0 atom stereocenters. The van der Waals surface area contributed by atoms with E-state index in [2.05, 4.69) is 20.5 Å². The average molecular weight is 264 g/mol. The van der Waals surface area contributed by atoms with E-state index in [1.807, 2.05) is 6.07 Å². The van der Waals surface area contributed by atoms with Crippen molar-refractivity contribution in [3.8, 4) is 0 Å². The Labute approximate surface area is 112 Å². The maximum atomic E-state index is 10.4. The molecule has 104 valence electrons. The molecule has 0 radical (unpaired) electrons. The molecule has 6 nitrogen and oxygen atoms in total. The maximum Gasteiger partial charge on any atom is 0.410 e. The lowest BCUT2D eigenvalue weighted by Gasteiger charge is -2.14. The first-order chi connectivity index (χ1) is 9.24.